The molecule has 0 spiro atoms. The van der Waals surface area contributed by atoms with Crippen molar-refractivity contribution in [2.45, 2.75) is 80.7 Å². The molecule has 2 N–H and O–H groups in total. The van der Waals surface area contributed by atoms with Crippen LogP contribution in [0, 0.1) is 11.7 Å². The zero-order valence-electron chi connectivity index (χ0n) is 22.7. The van der Waals surface area contributed by atoms with Gasteiger partial charge in [0.25, 0.3) is 11.8 Å². The number of hydrogen-bond donors (Lipinski definition) is 2. The number of amides is 4. The number of nitrogens with one attached hydrogen (secondary N) is 2. The van der Waals surface area contributed by atoms with Gasteiger partial charge in [0.1, 0.15) is 34.5 Å². The molecule has 42 heavy (non-hydrogen) atoms. The van der Waals surface area contributed by atoms with Gasteiger partial charge in [0.15, 0.2) is 6.10 Å². The number of carbonyl (C=O) groups is 5. The largest absolute Gasteiger partial charge is 0.452 e. The quantitative estimate of drug-likeness (QED) is 0.330. The van der Waals surface area contributed by atoms with E-state index in [-0.39, 0.29) is 50.6 Å². The van der Waals surface area contributed by atoms with Gasteiger partial charge < -0.3 is 19.7 Å². The van der Waals surface area contributed by atoms with Crippen LogP contribution in [0.1, 0.15) is 49.7 Å². The Bertz CT molecular complexity index is 1400. The molecule has 2 aliphatic carbocycles. The molecule has 1 aromatic carbocycles. The summed E-state index contributed by atoms with van der Waals surface area (Å²) >= 11 is 0. The third-order valence-corrected chi connectivity index (χ3v) is 9.99. The van der Waals surface area contributed by atoms with Crippen LogP contribution in [0.15, 0.2) is 30.9 Å². The lowest BCUT2D eigenvalue weighted by Gasteiger charge is -2.27. The first kappa shape index (κ1) is 28.3. The molecule has 0 aromatic heterocycles. The molecule has 1 aromatic rings. The van der Waals surface area contributed by atoms with Crippen molar-refractivity contribution in [2.24, 2.45) is 5.92 Å². The molecular formula is C28H31FN4O8S. The van der Waals surface area contributed by atoms with Gasteiger partial charge in [0.05, 0.1) is 18.3 Å². The summed E-state index contributed by atoms with van der Waals surface area (Å²) in [4.78, 5) is 67.4. The maximum absolute atomic E-state index is 14.2. The standard InChI is InChI=1S/C28H31FN4O8S/c1-2-16-11-28(16,26(37)31-42(39)18-6-7-18)30-24(35)21-10-17(13-33(21)25(36)22-8-9-23(34)41-22)40-27(38)32-12-15-4-3-5-20(29)19(15)14-32/h2-5,16-18,21-22H,1,6-14H2,(H,30,35)(H,31,37)/t16?,17-,21+,22-,28-,42?/m1/s1. The lowest BCUT2D eigenvalue weighted by Crippen LogP contribution is -2.56. The van der Waals surface area contributed by atoms with Gasteiger partial charge in [0, 0.05) is 37.3 Å². The van der Waals surface area contributed by atoms with Crippen molar-refractivity contribution in [1.82, 2.24) is 19.8 Å². The van der Waals surface area contributed by atoms with Crippen LogP contribution in [0.3, 0.4) is 0 Å². The Kier molecular flexibility index (Phi) is 7.27. The fraction of sp³-hybridized carbons (Fsp3) is 0.536. The summed E-state index contributed by atoms with van der Waals surface area (Å²) in [7, 11) is -1.56. The normalized spacial score (nSPS) is 30.3. The van der Waals surface area contributed by atoms with E-state index in [0.29, 0.717) is 11.1 Å². The molecule has 6 atom stereocenters. The molecular weight excluding hydrogens is 571 g/mol. The molecule has 2 unspecified atom stereocenters. The second-order valence-electron chi connectivity index (χ2n) is 11.4. The number of ether oxygens (including phenoxy) is 2. The Labute approximate surface area is 243 Å². The van der Waals surface area contributed by atoms with Gasteiger partial charge in [-0.2, -0.15) is 0 Å². The van der Waals surface area contributed by atoms with Gasteiger partial charge in [-0.3, -0.25) is 28.8 Å². The summed E-state index contributed by atoms with van der Waals surface area (Å²) in [6.07, 6.45) is 0.769. The molecule has 224 valence electrons. The number of esters is 1. The van der Waals surface area contributed by atoms with Crippen LogP contribution < -0.4 is 10.0 Å². The third-order valence-electron chi connectivity index (χ3n) is 8.53. The average Bonchev–Trinajstić information content (AvgIpc) is 3.77. The molecule has 14 heteroatoms. The highest BCUT2D eigenvalue weighted by atomic mass is 32.2. The van der Waals surface area contributed by atoms with E-state index in [1.807, 2.05) is 0 Å². The predicted molar refractivity (Wildman–Crippen MR) is 144 cm³/mol. The van der Waals surface area contributed by atoms with Crippen molar-refractivity contribution < 1.29 is 42.0 Å². The van der Waals surface area contributed by atoms with Crippen LogP contribution >= 0.6 is 0 Å². The summed E-state index contributed by atoms with van der Waals surface area (Å²) in [5.74, 6) is -3.18. The summed E-state index contributed by atoms with van der Waals surface area (Å²) in [5, 5.41) is 2.65. The van der Waals surface area contributed by atoms with Crippen LogP contribution in [0.2, 0.25) is 0 Å². The van der Waals surface area contributed by atoms with Gasteiger partial charge in [-0.05, 0) is 30.9 Å². The number of hydrogen-bond acceptors (Lipinski definition) is 8. The first-order valence-corrected chi connectivity index (χ1v) is 15.2. The molecule has 0 radical (unpaired) electrons. The molecule has 3 heterocycles. The van der Waals surface area contributed by atoms with Crippen molar-refractivity contribution in [2.75, 3.05) is 6.54 Å². The fourth-order valence-electron chi connectivity index (χ4n) is 5.87. The Morgan fingerprint density at radius 2 is 1.98 bits per heavy atom. The lowest BCUT2D eigenvalue weighted by atomic mass is 10.1. The van der Waals surface area contributed by atoms with Crippen LogP contribution in [0.4, 0.5) is 9.18 Å². The van der Waals surface area contributed by atoms with E-state index in [4.69, 9.17) is 9.47 Å². The van der Waals surface area contributed by atoms with Crippen molar-refractivity contribution >= 4 is 40.8 Å². The Hall–Kier alpha value is -3.81. The predicted octanol–water partition coefficient (Wildman–Crippen LogP) is 0.956. The molecule has 3 aliphatic heterocycles. The molecule has 4 fully saturated rings. The zero-order chi connectivity index (χ0) is 29.8. The van der Waals surface area contributed by atoms with E-state index in [0.717, 1.165) is 12.8 Å². The van der Waals surface area contributed by atoms with Crippen molar-refractivity contribution in [3.63, 3.8) is 0 Å². The lowest BCUT2D eigenvalue weighted by molar-refractivity contribution is -0.154. The highest BCUT2D eigenvalue weighted by molar-refractivity contribution is 7.84. The van der Waals surface area contributed by atoms with Crippen LogP contribution in [0.25, 0.3) is 0 Å². The second kappa shape index (κ2) is 10.8. The number of rotatable bonds is 8. The summed E-state index contributed by atoms with van der Waals surface area (Å²) in [6.45, 7) is 3.78. The Morgan fingerprint density at radius 3 is 2.62 bits per heavy atom. The zero-order valence-corrected chi connectivity index (χ0v) is 23.5. The van der Waals surface area contributed by atoms with Crippen LogP contribution in [-0.4, -0.2) is 79.4 Å². The minimum Gasteiger partial charge on any atom is -0.452 e. The number of nitrogens with zero attached hydrogens (tertiary/aromatic N) is 2. The highest BCUT2D eigenvalue weighted by Gasteiger charge is 2.61. The van der Waals surface area contributed by atoms with E-state index < -0.39 is 76.3 Å². The smallest absolute Gasteiger partial charge is 0.410 e. The fourth-order valence-corrected chi connectivity index (χ4v) is 6.97. The maximum Gasteiger partial charge on any atom is 0.410 e. The molecule has 0 bridgehead atoms. The van der Waals surface area contributed by atoms with Crippen molar-refractivity contribution in [3.05, 3.63) is 47.8 Å². The summed E-state index contributed by atoms with van der Waals surface area (Å²) in [6, 6.07) is 3.48. The molecule has 4 amide bonds. The first-order chi connectivity index (χ1) is 20.1. The molecule has 6 rings (SSSR count). The number of benzene rings is 1. The van der Waals surface area contributed by atoms with Gasteiger partial charge >= 0.3 is 12.1 Å². The van der Waals surface area contributed by atoms with Crippen LogP contribution in [0.5, 0.6) is 0 Å². The van der Waals surface area contributed by atoms with Gasteiger partial charge in [-0.25, -0.2) is 13.4 Å². The first-order valence-electron chi connectivity index (χ1n) is 14.0. The van der Waals surface area contributed by atoms with Crippen molar-refractivity contribution in [1.29, 1.82) is 0 Å². The molecule has 5 aliphatic rings. The Morgan fingerprint density at radius 1 is 1.19 bits per heavy atom. The topological polar surface area (TPSA) is 151 Å². The third kappa shape index (κ3) is 5.27. The SMILES string of the molecule is C=CC1C[C@]1(NC(=O)[C@@H]1C[C@@H](OC(=O)N2Cc3cccc(F)c3C2)CN1C(=O)[C@H]1CCC(=O)O1)C(=O)NS(=O)C1CC1. The van der Waals surface area contributed by atoms with E-state index in [1.54, 1.807) is 12.1 Å². The van der Waals surface area contributed by atoms with Crippen LogP contribution in [-0.2, 0) is 52.7 Å². The van der Waals surface area contributed by atoms with E-state index in [2.05, 4.69) is 16.6 Å². The van der Waals surface area contributed by atoms with Crippen molar-refractivity contribution in [3.8, 4) is 0 Å². The average molecular weight is 603 g/mol. The number of cyclic esters (lactones) is 1. The second-order valence-corrected chi connectivity index (χ2v) is 12.9. The number of halogens is 1. The van der Waals surface area contributed by atoms with Gasteiger partial charge in [0.2, 0.25) is 5.91 Å². The minimum absolute atomic E-state index is 0.0287. The van der Waals surface area contributed by atoms with Gasteiger partial charge in [-0.1, -0.05) is 18.2 Å². The van der Waals surface area contributed by atoms with E-state index >= 15 is 0 Å². The monoisotopic (exact) mass is 602 g/mol. The van der Waals surface area contributed by atoms with E-state index in [9.17, 15) is 32.6 Å². The number of fused-ring (bicyclic) bond motifs is 1. The molecule has 2 saturated heterocycles. The van der Waals surface area contributed by atoms with Gasteiger partial charge in [-0.15, -0.1) is 6.58 Å². The van der Waals surface area contributed by atoms with E-state index in [1.165, 1.54) is 21.9 Å². The molecule has 12 nitrogen and oxygen atoms in total. The number of carbonyl (C=O) groups excluding carboxylic acids is 5. The summed E-state index contributed by atoms with van der Waals surface area (Å²) in [5.41, 5.74) is -0.286. The number of likely N-dealkylation sites (tertiary alicyclic amines) is 1. The summed E-state index contributed by atoms with van der Waals surface area (Å²) < 4.78 is 39.9. The molecule has 2 saturated carbocycles. The Balaban J connectivity index is 1.16. The maximum atomic E-state index is 14.2. The minimum atomic E-state index is -1.56. The highest BCUT2D eigenvalue weighted by Crippen LogP contribution is 2.45.